The summed E-state index contributed by atoms with van der Waals surface area (Å²) in [7, 11) is -1.94. The normalized spacial score (nSPS) is 14.3. The summed E-state index contributed by atoms with van der Waals surface area (Å²) in [5.41, 5.74) is 2.71. The lowest BCUT2D eigenvalue weighted by Gasteiger charge is -2.31. The Morgan fingerprint density at radius 1 is 0.517 bits per heavy atom. The highest BCUT2D eigenvalue weighted by atomic mass is 31.2. The number of rotatable bonds is 18. The second-order valence-electron chi connectivity index (χ2n) is 18.6. The summed E-state index contributed by atoms with van der Waals surface area (Å²) < 4.78 is 62.0. The van der Waals surface area contributed by atoms with E-state index in [0.29, 0.717) is 35.7 Å². The van der Waals surface area contributed by atoms with Crippen LogP contribution in [0.2, 0.25) is 0 Å². The second-order valence-corrected chi connectivity index (χ2v) is 23.3. The summed E-state index contributed by atoms with van der Waals surface area (Å²) in [6.07, 6.45) is 0. The largest absolute Gasteiger partial charge is 0.507 e. The number of nitrogens with one attached hydrogen (secondary N) is 2. The molecule has 58 heavy (non-hydrogen) atoms. The summed E-state index contributed by atoms with van der Waals surface area (Å²) in [5.74, 6) is -0.106. The van der Waals surface area contributed by atoms with Gasteiger partial charge in [0.1, 0.15) is 47.8 Å². The molecule has 326 valence electrons. The van der Waals surface area contributed by atoms with Crippen molar-refractivity contribution in [3.63, 3.8) is 0 Å². The lowest BCUT2D eigenvalue weighted by Crippen LogP contribution is -2.28. The second kappa shape index (κ2) is 19.2. The van der Waals surface area contributed by atoms with E-state index in [1.807, 2.05) is 126 Å². The van der Waals surface area contributed by atoms with Crippen LogP contribution in [-0.2, 0) is 48.9 Å². The number of phenols is 2. The van der Waals surface area contributed by atoms with E-state index in [2.05, 4.69) is 10.6 Å². The van der Waals surface area contributed by atoms with Crippen LogP contribution in [0.15, 0.2) is 48.5 Å². The lowest BCUT2D eigenvalue weighted by atomic mass is 9.78. The third-order valence-corrected chi connectivity index (χ3v) is 14.3. The van der Waals surface area contributed by atoms with Crippen molar-refractivity contribution in [3.05, 3.63) is 81.9 Å². The maximum absolute atomic E-state index is 14.0. The van der Waals surface area contributed by atoms with Crippen molar-refractivity contribution in [2.75, 3.05) is 54.7 Å². The summed E-state index contributed by atoms with van der Waals surface area (Å²) in [6.45, 7) is 25.3. The molecule has 3 aromatic rings. The quantitative estimate of drug-likeness (QED) is 0.0711. The summed E-state index contributed by atoms with van der Waals surface area (Å²) in [6, 6.07) is 14.7. The minimum atomic E-state index is -3.69. The third-order valence-electron chi connectivity index (χ3n) is 10.0. The molecule has 0 aliphatic carbocycles. The molecule has 0 radical (unpaired) electrons. The predicted octanol–water partition coefficient (Wildman–Crippen LogP) is 10.6. The summed E-state index contributed by atoms with van der Waals surface area (Å²) >= 11 is 0. The minimum Gasteiger partial charge on any atom is -0.507 e. The monoisotopic (exact) mass is 848 g/mol. The van der Waals surface area contributed by atoms with Gasteiger partial charge < -0.3 is 37.8 Å². The Morgan fingerprint density at radius 3 is 1.03 bits per heavy atom. The molecule has 2 atom stereocenters. The molecule has 3 rings (SSSR count). The number of aromatic hydroxyl groups is 2. The van der Waals surface area contributed by atoms with Crippen molar-refractivity contribution in [2.24, 2.45) is 0 Å². The van der Waals surface area contributed by atoms with Crippen LogP contribution in [0.1, 0.15) is 128 Å². The van der Waals surface area contributed by atoms with Gasteiger partial charge in [0.2, 0.25) is 0 Å². The topological polar surface area (TPSA) is 154 Å². The van der Waals surface area contributed by atoms with Gasteiger partial charge in [0, 0.05) is 47.6 Å². The molecule has 0 aliphatic rings. The van der Waals surface area contributed by atoms with Crippen molar-refractivity contribution in [2.45, 2.75) is 116 Å². The molecule has 12 nitrogen and oxygen atoms in total. The average Bonchev–Trinajstić information content (AvgIpc) is 3.13. The van der Waals surface area contributed by atoms with Gasteiger partial charge in [0.05, 0.1) is 0 Å². The van der Waals surface area contributed by atoms with Gasteiger partial charge in [0.25, 0.3) is 0 Å². The SMILES string of the molecule is COP(=O)(OC)C(NCCOc1cccc(OCCNC(c2cc(C(C)(C)C)c(O)c(C(C)(C)C)c2)P(=O)(OC)OC)c1)c1cc(C(C)(C)C)c(O)c(C(C)(C)C)c1. The molecule has 2 unspecified atom stereocenters. The standard InChI is InChI=1S/C44H70N2O10P2/c1-41(2,3)33-24-29(25-34(37(33)47)42(4,5)6)39(57(49,51-13)52-14)45-20-22-55-31-18-17-19-32(28-31)56-23-21-46-40(58(50,53-15)54-16)30-26-35(43(7,8)9)38(48)36(27-30)44(10,11)12/h17-19,24-28,39-40,45-48H,20-23H2,1-16H3. The van der Waals surface area contributed by atoms with Gasteiger partial charge in [-0.2, -0.15) is 0 Å². The van der Waals surface area contributed by atoms with Crippen LogP contribution in [0, 0.1) is 0 Å². The van der Waals surface area contributed by atoms with Gasteiger partial charge in [-0.05, 0) is 91.4 Å². The zero-order valence-electron chi connectivity index (χ0n) is 37.7. The van der Waals surface area contributed by atoms with Crippen molar-refractivity contribution in [3.8, 4) is 23.0 Å². The molecule has 0 fully saturated rings. The van der Waals surface area contributed by atoms with Gasteiger partial charge >= 0.3 is 15.2 Å². The highest BCUT2D eigenvalue weighted by Crippen LogP contribution is 2.60. The van der Waals surface area contributed by atoms with Crippen molar-refractivity contribution in [1.82, 2.24) is 10.6 Å². The fourth-order valence-corrected chi connectivity index (χ4v) is 9.57. The Balaban J connectivity index is 1.77. The van der Waals surface area contributed by atoms with Gasteiger partial charge in [-0.25, -0.2) is 0 Å². The van der Waals surface area contributed by atoms with Crippen LogP contribution in [0.3, 0.4) is 0 Å². The van der Waals surface area contributed by atoms with Gasteiger partial charge in [-0.1, -0.05) is 89.2 Å². The van der Waals surface area contributed by atoms with E-state index >= 15 is 0 Å². The number of hydrogen-bond donors (Lipinski definition) is 4. The molecule has 0 saturated carbocycles. The van der Waals surface area contributed by atoms with E-state index < -0.39 is 48.4 Å². The molecule has 0 saturated heterocycles. The first-order valence-electron chi connectivity index (χ1n) is 19.7. The van der Waals surface area contributed by atoms with Crippen LogP contribution in [-0.4, -0.2) is 65.0 Å². The van der Waals surface area contributed by atoms with E-state index in [1.54, 1.807) is 6.07 Å². The van der Waals surface area contributed by atoms with E-state index in [0.717, 1.165) is 22.3 Å². The van der Waals surface area contributed by atoms with Crippen molar-refractivity contribution >= 4 is 15.2 Å². The molecular formula is C44H70N2O10P2. The molecule has 3 aromatic carbocycles. The lowest BCUT2D eigenvalue weighted by molar-refractivity contribution is 0.253. The fraction of sp³-hybridized carbons (Fsp3) is 0.591. The van der Waals surface area contributed by atoms with Gasteiger partial charge in [-0.3, -0.25) is 19.8 Å². The number of benzene rings is 3. The molecule has 0 amide bonds. The average molecular weight is 849 g/mol. The summed E-state index contributed by atoms with van der Waals surface area (Å²) in [5, 5.41) is 29.3. The minimum absolute atomic E-state index is 0.218. The van der Waals surface area contributed by atoms with Crippen molar-refractivity contribution in [1.29, 1.82) is 0 Å². The summed E-state index contributed by atoms with van der Waals surface area (Å²) in [4.78, 5) is 0. The van der Waals surface area contributed by atoms with Crippen LogP contribution in [0.4, 0.5) is 0 Å². The van der Waals surface area contributed by atoms with E-state index in [9.17, 15) is 19.3 Å². The van der Waals surface area contributed by atoms with Crippen molar-refractivity contribution < 1.29 is 46.9 Å². The number of hydrogen-bond acceptors (Lipinski definition) is 12. The molecule has 0 bridgehead atoms. The zero-order valence-corrected chi connectivity index (χ0v) is 39.4. The molecule has 0 aromatic heterocycles. The van der Waals surface area contributed by atoms with Gasteiger partial charge in [0.15, 0.2) is 0 Å². The Kier molecular flexibility index (Phi) is 16.4. The Labute approximate surface area is 347 Å². The predicted molar refractivity (Wildman–Crippen MR) is 233 cm³/mol. The van der Waals surface area contributed by atoms with Crippen LogP contribution in [0.25, 0.3) is 0 Å². The molecule has 0 spiro atoms. The van der Waals surface area contributed by atoms with E-state index in [4.69, 9.17) is 27.6 Å². The Morgan fingerprint density at radius 2 is 0.793 bits per heavy atom. The van der Waals surface area contributed by atoms with Crippen LogP contribution < -0.4 is 20.1 Å². The van der Waals surface area contributed by atoms with Gasteiger partial charge in [-0.15, -0.1) is 0 Å². The smallest absolute Gasteiger partial charge is 0.351 e. The number of phenolic OH excluding ortho intramolecular Hbond substituents is 2. The molecular weight excluding hydrogens is 778 g/mol. The maximum atomic E-state index is 14.0. The highest BCUT2D eigenvalue weighted by Gasteiger charge is 2.39. The zero-order chi connectivity index (χ0) is 44.1. The maximum Gasteiger partial charge on any atom is 0.351 e. The molecule has 0 aliphatic heterocycles. The first-order valence-corrected chi connectivity index (χ1v) is 22.9. The molecule has 14 heteroatoms. The fourth-order valence-electron chi connectivity index (χ4n) is 6.69. The molecule has 4 N–H and O–H groups in total. The first kappa shape index (κ1) is 49.4. The van der Waals surface area contributed by atoms with Crippen LogP contribution in [0.5, 0.6) is 23.0 Å². The Hall–Kier alpha value is -2.92. The van der Waals surface area contributed by atoms with Crippen LogP contribution >= 0.6 is 15.2 Å². The third kappa shape index (κ3) is 12.1. The van der Waals surface area contributed by atoms with E-state index in [-0.39, 0.29) is 24.7 Å². The highest BCUT2D eigenvalue weighted by molar-refractivity contribution is 7.54. The first-order chi connectivity index (χ1) is 26.7. The molecule has 0 heterocycles. The number of ether oxygens (including phenoxy) is 2. The Bertz CT molecular complexity index is 1720. The van der Waals surface area contributed by atoms with E-state index in [1.165, 1.54) is 28.4 Å².